The fourth-order valence-corrected chi connectivity index (χ4v) is 2.05. The van der Waals surface area contributed by atoms with Crippen molar-refractivity contribution in [2.45, 2.75) is 32.0 Å². The molecule has 4 amide bonds. The minimum absolute atomic E-state index is 0.228. The number of hydrogen-bond acceptors (Lipinski definition) is 4. The number of imide groups is 1. The Hall–Kier alpha value is -2.41. The fourth-order valence-electron chi connectivity index (χ4n) is 2.05. The first-order chi connectivity index (χ1) is 9.83. The van der Waals surface area contributed by atoms with Crippen LogP contribution in [0.2, 0.25) is 0 Å². The molecule has 0 bridgehead atoms. The number of rotatable bonds is 4. The Labute approximate surface area is 122 Å². The van der Waals surface area contributed by atoms with E-state index in [2.05, 4.69) is 16.0 Å². The van der Waals surface area contributed by atoms with Gasteiger partial charge in [0.15, 0.2) is 0 Å². The maximum atomic E-state index is 11.8. The van der Waals surface area contributed by atoms with Gasteiger partial charge in [-0.1, -0.05) is 24.3 Å². The lowest BCUT2D eigenvalue weighted by atomic mass is 9.91. The molecule has 1 aromatic rings. The minimum atomic E-state index is -1.06. The van der Waals surface area contributed by atoms with Gasteiger partial charge >= 0.3 is 6.03 Å². The van der Waals surface area contributed by atoms with E-state index in [0.717, 1.165) is 5.56 Å². The van der Waals surface area contributed by atoms with E-state index in [-0.39, 0.29) is 11.8 Å². The molecule has 5 N–H and O–H groups in total. The van der Waals surface area contributed by atoms with Crippen LogP contribution in [0.1, 0.15) is 25.0 Å². The SMILES string of the molecule is C[C@@H](N)C(=O)NCc1ccc(C2(C)NC(=O)NC2=O)cc1. The third kappa shape index (κ3) is 3.03. The average Bonchev–Trinajstić information content (AvgIpc) is 2.70. The number of nitrogens with two attached hydrogens (primary N) is 1. The van der Waals surface area contributed by atoms with E-state index in [0.29, 0.717) is 12.1 Å². The quantitative estimate of drug-likeness (QED) is 0.570. The Morgan fingerprint density at radius 1 is 1.33 bits per heavy atom. The molecule has 1 fully saturated rings. The summed E-state index contributed by atoms with van der Waals surface area (Å²) < 4.78 is 0. The van der Waals surface area contributed by atoms with Crippen LogP contribution in [0.25, 0.3) is 0 Å². The molecule has 1 aliphatic heterocycles. The minimum Gasteiger partial charge on any atom is -0.351 e. The summed E-state index contributed by atoms with van der Waals surface area (Å²) in [7, 11) is 0. The third-order valence-corrected chi connectivity index (χ3v) is 3.46. The van der Waals surface area contributed by atoms with Crippen LogP contribution >= 0.6 is 0 Å². The Bertz CT molecular complexity index is 582. The van der Waals surface area contributed by atoms with Gasteiger partial charge in [-0.3, -0.25) is 14.9 Å². The summed E-state index contributed by atoms with van der Waals surface area (Å²) in [5, 5.41) is 7.51. The van der Waals surface area contributed by atoms with Crippen molar-refractivity contribution in [1.29, 1.82) is 0 Å². The van der Waals surface area contributed by atoms with Crippen molar-refractivity contribution < 1.29 is 14.4 Å². The molecule has 1 aromatic carbocycles. The van der Waals surface area contributed by atoms with Crippen LogP contribution in [0, 0.1) is 0 Å². The zero-order chi connectivity index (χ0) is 15.6. The monoisotopic (exact) mass is 290 g/mol. The van der Waals surface area contributed by atoms with E-state index in [9.17, 15) is 14.4 Å². The summed E-state index contributed by atoms with van der Waals surface area (Å²) in [6.45, 7) is 3.61. The first-order valence-corrected chi connectivity index (χ1v) is 6.59. The summed E-state index contributed by atoms with van der Waals surface area (Å²) in [6, 6.07) is 6.02. The van der Waals surface area contributed by atoms with E-state index in [1.165, 1.54) is 0 Å². The summed E-state index contributed by atoms with van der Waals surface area (Å²) in [6.07, 6.45) is 0. The molecule has 112 valence electrons. The number of hydrogen-bond donors (Lipinski definition) is 4. The van der Waals surface area contributed by atoms with Crippen molar-refractivity contribution in [3.63, 3.8) is 0 Å². The smallest absolute Gasteiger partial charge is 0.322 e. The van der Waals surface area contributed by atoms with E-state index in [1.54, 1.807) is 38.1 Å². The van der Waals surface area contributed by atoms with Crippen LogP contribution in [-0.2, 0) is 21.7 Å². The highest BCUT2D eigenvalue weighted by molar-refractivity contribution is 6.07. The van der Waals surface area contributed by atoms with Crippen LogP contribution in [0.4, 0.5) is 4.79 Å². The van der Waals surface area contributed by atoms with Gasteiger partial charge in [0.1, 0.15) is 5.54 Å². The summed E-state index contributed by atoms with van der Waals surface area (Å²) >= 11 is 0. The van der Waals surface area contributed by atoms with Crippen molar-refractivity contribution in [2.75, 3.05) is 0 Å². The highest BCUT2D eigenvalue weighted by Gasteiger charge is 2.43. The van der Waals surface area contributed by atoms with Gasteiger partial charge < -0.3 is 16.4 Å². The summed E-state index contributed by atoms with van der Waals surface area (Å²) in [5.41, 5.74) is 5.94. The number of benzene rings is 1. The van der Waals surface area contributed by atoms with Crippen molar-refractivity contribution >= 4 is 17.8 Å². The van der Waals surface area contributed by atoms with Gasteiger partial charge in [0.2, 0.25) is 5.91 Å². The molecule has 7 heteroatoms. The maximum absolute atomic E-state index is 11.8. The van der Waals surface area contributed by atoms with Gasteiger partial charge in [-0.2, -0.15) is 0 Å². The van der Waals surface area contributed by atoms with Crippen LogP contribution in [-0.4, -0.2) is 23.9 Å². The fraction of sp³-hybridized carbons (Fsp3) is 0.357. The molecule has 0 spiro atoms. The van der Waals surface area contributed by atoms with Gasteiger partial charge in [-0.25, -0.2) is 4.79 Å². The molecular weight excluding hydrogens is 272 g/mol. The zero-order valence-electron chi connectivity index (χ0n) is 11.9. The second-order valence-corrected chi connectivity index (χ2v) is 5.24. The van der Waals surface area contributed by atoms with Gasteiger partial charge in [0.25, 0.3) is 5.91 Å². The Kier molecular flexibility index (Phi) is 3.95. The second-order valence-electron chi connectivity index (χ2n) is 5.24. The van der Waals surface area contributed by atoms with E-state index in [4.69, 9.17) is 5.73 Å². The molecule has 7 nitrogen and oxygen atoms in total. The maximum Gasteiger partial charge on any atom is 0.322 e. The topological polar surface area (TPSA) is 113 Å². The summed E-state index contributed by atoms with van der Waals surface area (Å²) in [4.78, 5) is 34.5. The predicted octanol–water partition coefficient (Wildman–Crippen LogP) is -0.295. The number of carbonyl (C=O) groups excluding carboxylic acids is 3. The van der Waals surface area contributed by atoms with Crippen LogP contribution < -0.4 is 21.7 Å². The Morgan fingerprint density at radius 3 is 2.43 bits per heavy atom. The number of amides is 4. The van der Waals surface area contributed by atoms with Gasteiger partial charge in [-0.05, 0) is 25.0 Å². The zero-order valence-corrected chi connectivity index (χ0v) is 11.9. The molecule has 2 atom stereocenters. The van der Waals surface area contributed by atoms with E-state index in [1.807, 2.05) is 0 Å². The predicted molar refractivity (Wildman–Crippen MR) is 76.0 cm³/mol. The van der Waals surface area contributed by atoms with Crippen molar-refractivity contribution in [3.05, 3.63) is 35.4 Å². The molecule has 0 aliphatic carbocycles. The Balaban J connectivity index is 2.07. The molecule has 0 radical (unpaired) electrons. The molecule has 1 heterocycles. The third-order valence-electron chi connectivity index (χ3n) is 3.46. The highest BCUT2D eigenvalue weighted by atomic mass is 16.2. The largest absolute Gasteiger partial charge is 0.351 e. The second kappa shape index (κ2) is 5.53. The summed E-state index contributed by atoms with van der Waals surface area (Å²) in [5.74, 6) is -0.612. The average molecular weight is 290 g/mol. The molecule has 0 saturated carbocycles. The number of carbonyl (C=O) groups is 3. The van der Waals surface area contributed by atoms with Crippen molar-refractivity contribution in [1.82, 2.24) is 16.0 Å². The molecule has 0 aromatic heterocycles. The first-order valence-electron chi connectivity index (χ1n) is 6.59. The van der Waals surface area contributed by atoms with Crippen molar-refractivity contribution in [2.24, 2.45) is 5.73 Å². The molecule has 1 unspecified atom stereocenters. The van der Waals surface area contributed by atoms with Gasteiger partial charge in [0, 0.05) is 6.54 Å². The molecule has 21 heavy (non-hydrogen) atoms. The van der Waals surface area contributed by atoms with Crippen LogP contribution in [0.15, 0.2) is 24.3 Å². The number of urea groups is 1. The normalized spacial score (nSPS) is 22.4. The lowest BCUT2D eigenvalue weighted by molar-refractivity contribution is -0.124. The number of nitrogens with one attached hydrogen (secondary N) is 3. The van der Waals surface area contributed by atoms with Crippen molar-refractivity contribution in [3.8, 4) is 0 Å². The molecule has 1 aliphatic rings. The van der Waals surface area contributed by atoms with E-state index >= 15 is 0 Å². The highest BCUT2D eigenvalue weighted by Crippen LogP contribution is 2.24. The van der Waals surface area contributed by atoms with E-state index < -0.39 is 17.6 Å². The first kappa shape index (κ1) is 15.0. The lowest BCUT2D eigenvalue weighted by Crippen LogP contribution is -2.40. The molecule has 1 saturated heterocycles. The van der Waals surface area contributed by atoms with Gasteiger partial charge in [-0.15, -0.1) is 0 Å². The molecular formula is C14H18N4O3. The lowest BCUT2D eigenvalue weighted by Gasteiger charge is -2.21. The van der Waals surface area contributed by atoms with Crippen LogP contribution in [0.3, 0.4) is 0 Å². The standard InChI is InChI=1S/C14H18N4O3/c1-8(15)11(19)16-7-9-3-5-10(6-4-9)14(2)12(20)17-13(21)18-14/h3-6,8H,7,15H2,1-2H3,(H,16,19)(H2,17,18,20,21)/t8-,14?/m1/s1. The van der Waals surface area contributed by atoms with Crippen LogP contribution in [0.5, 0.6) is 0 Å². The Morgan fingerprint density at radius 2 is 1.95 bits per heavy atom. The van der Waals surface area contributed by atoms with Gasteiger partial charge in [0.05, 0.1) is 6.04 Å². The molecule has 2 rings (SSSR count).